The van der Waals surface area contributed by atoms with Crippen LogP contribution in [0.15, 0.2) is 36.4 Å². The summed E-state index contributed by atoms with van der Waals surface area (Å²) >= 11 is 6.07. The van der Waals surface area contributed by atoms with E-state index in [-0.39, 0.29) is 12.1 Å². The van der Waals surface area contributed by atoms with Crippen LogP contribution in [0.25, 0.3) is 0 Å². The molecule has 0 amide bonds. The normalized spacial score (nSPS) is 18.5. The maximum atomic E-state index is 6.38. The predicted molar refractivity (Wildman–Crippen MR) is 82.5 cm³/mol. The molecule has 0 fully saturated rings. The molecule has 2 aromatic carbocycles. The second-order valence-electron chi connectivity index (χ2n) is 5.49. The number of aryl methyl sites for hydroxylation is 1. The molecule has 1 aliphatic rings. The number of benzene rings is 2. The highest BCUT2D eigenvalue weighted by molar-refractivity contribution is 6.31. The number of fused-ring (bicyclic) bond motifs is 1. The molecule has 0 aliphatic carbocycles. The molecular formula is C17H18ClNO. The maximum Gasteiger partial charge on any atom is 0.123 e. The SMILES string of the molecule is Cc1cc(C(N)c2ccc3c(c2)CC(C)O3)ccc1Cl. The topological polar surface area (TPSA) is 35.2 Å². The van der Waals surface area contributed by atoms with Crippen molar-refractivity contribution in [3.63, 3.8) is 0 Å². The Kier molecular flexibility index (Phi) is 3.45. The molecule has 20 heavy (non-hydrogen) atoms. The molecule has 2 unspecified atom stereocenters. The fourth-order valence-electron chi connectivity index (χ4n) is 2.69. The van der Waals surface area contributed by atoms with Crippen molar-refractivity contribution in [3.8, 4) is 5.75 Å². The van der Waals surface area contributed by atoms with Crippen LogP contribution in [0.4, 0.5) is 0 Å². The van der Waals surface area contributed by atoms with E-state index < -0.39 is 0 Å². The first-order chi connectivity index (χ1) is 9.54. The highest BCUT2D eigenvalue weighted by Gasteiger charge is 2.20. The van der Waals surface area contributed by atoms with Gasteiger partial charge in [0.2, 0.25) is 0 Å². The molecule has 104 valence electrons. The lowest BCUT2D eigenvalue weighted by Gasteiger charge is -2.14. The van der Waals surface area contributed by atoms with Crippen LogP contribution < -0.4 is 10.5 Å². The van der Waals surface area contributed by atoms with Crippen molar-refractivity contribution in [1.29, 1.82) is 0 Å². The monoisotopic (exact) mass is 287 g/mol. The maximum absolute atomic E-state index is 6.38. The Bertz CT molecular complexity index is 653. The second kappa shape index (κ2) is 5.12. The van der Waals surface area contributed by atoms with Crippen LogP contribution in [-0.4, -0.2) is 6.10 Å². The zero-order valence-electron chi connectivity index (χ0n) is 11.7. The standard InChI is InChI=1S/C17H18ClNO/c1-10-7-12(3-5-15(10)18)17(19)13-4-6-16-14(9-13)8-11(2)20-16/h3-7,9,11,17H,8,19H2,1-2H3. The number of hydrogen-bond acceptors (Lipinski definition) is 2. The number of halogens is 1. The summed E-state index contributed by atoms with van der Waals surface area (Å²) in [7, 11) is 0. The van der Waals surface area contributed by atoms with Gasteiger partial charge in [0.1, 0.15) is 11.9 Å². The van der Waals surface area contributed by atoms with Crippen molar-refractivity contribution >= 4 is 11.6 Å². The van der Waals surface area contributed by atoms with E-state index in [1.807, 2.05) is 31.2 Å². The molecule has 1 heterocycles. The van der Waals surface area contributed by atoms with E-state index in [2.05, 4.69) is 19.1 Å². The first kappa shape index (κ1) is 13.5. The molecule has 3 rings (SSSR count). The van der Waals surface area contributed by atoms with Crippen molar-refractivity contribution in [1.82, 2.24) is 0 Å². The minimum absolute atomic E-state index is 0.132. The summed E-state index contributed by atoms with van der Waals surface area (Å²) in [4.78, 5) is 0. The second-order valence-corrected chi connectivity index (χ2v) is 5.89. The van der Waals surface area contributed by atoms with Gasteiger partial charge in [0.15, 0.2) is 0 Å². The van der Waals surface area contributed by atoms with Gasteiger partial charge in [-0.1, -0.05) is 35.9 Å². The molecule has 3 heteroatoms. The first-order valence-electron chi connectivity index (χ1n) is 6.85. The van der Waals surface area contributed by atoms with Crippen LogP contribution >= 0.6 is 11.6 Å². The third kappa shape index (κ3) is 2.41. The smallest absolute Gasteiger partial charge is 0.123 e. The fourth-order valence-corrected chi connectivity index (χ4v) is 2.81. The number of rotatable bonds is 2. The third-order valence-electron chi connectivity index (χ3n) is 3.82. The summed E-state index contributed by atoms with van der Waals surface area (Å²) < 4.78 is 5.72. The zero-order valence-corrected chi connectivity index (χ0v) is 12.4. The summed E-state index contributed by atoms with van der Waals surface area (Å²) in [6, 6.07) is 12.1. The summed E-state index contributed by atoms with van der Waals surface area (Å²) in [6.07, 6.45) is 1.21. The van der Waals surface area contributed by atoms with E-state index in [4.69, 9.17) is 22.1 Å². The Labute approximate surface area is 124 Å². The van der Waals surface area contributed by atoms with Crippen LogP contribution in [0.2, 0.25) is 5.02 Å². The molecule has 2 nitrogen and oxygen atoms in total. The molecule has 0 saturated heterocycles. The van der Waals surface area contributed by atoms with Gasteiger partial charge in [-0.2, -0.15) is 0 Å². The zero-order chi connectivity index (χ0) is 14.3. The molecule has 2 N–H and O–H groups in total. The lowest BCUT2D eigenvalue weighted by atomic mass is 9.96. The molecule has 0 aromatic heterocycles. The molecule has 2 aromatic rings. The van der Waals surface area contributed by atoms with Crippen LogP contribution in [0, 0.1) is 6.92 Å². The molecule has 0 radical (unpaired) electrons. The Morgan fingerprint density at radius 1 is 1.20 bits per heavy atom. The average Bonchev–Trinajstić information content (AvgIpc) is 2.80. The van der Waals surface area contributed by atoms with Crippen molar-refractivity contribution in [2.24, 2.45) is 5.73 Å². The van der Waals surface area contributed by atoms with Gasteiger partial charge in [-0.3, -0.25) is 0 Å². The average molecular weight is 288 g/mol. The Morgan fingerprint density at radius 3 is 2.65 bits per heavy atom. The lowest BCUT2D eigenvalue weighted by molar-refractivity contribution is 0.254. The van der Waals surface area contributed by atoms with Crippen molar-refractivity contribution in [3.05, 3.63) is 63.7 Å². The first-order valence-corrected chi connectivity index (χ1v) is 7.23. The third-order valence-corrected chi connectivity index (χ3v) is 4.24. The van der Waals surface area contributed by atoms with Crippen LogP contribution in [0.1, 0.15) is 35.2 Å². The van der Waals surface area contributed by atoms with Crippen LogP contribution in [0.5, 0.6) is 5.75 Å². The van der Waals surface area contributed by atoms with Gasteiger partial charge in [-0.05, 0) is 48.2 Å². The quantitative estimate of drug-likeness (QED) is 0.905. The molecule has 0 saturated carbocycles. The van der Waals surface area contributed by atoms with E-state index in [0.29, 0.717) is 0 Å². The van der Waals surface area contributed by atoms with Gasteiger partial charge in [0.25, 0.3) is 0 Å². The minimum atomic E-state index is -0.132. The van der Waals surface area contributed by atoms with Crippen molar-refractivity contribution in [2.45, 2.75) is 32.4 Å². The summed E-state index contributed by atoms with van der Waals surface area (Å²) in [5, 5.41) is 0.775. The highest BCUT2D eigenvalue weighted by Crippen LogP contribution is 2.32. The van der Waals surface area contributed by atoms with Crippen molar-refractivity contribution < 1.29 is 4.74 Å². The molecule has 0 spiro atoms. The Balaban J connectivity index is 1.93. The van der Waals surface area contributed by atoms with E-state index in [1.165, 1.54) is 5.56 Å². The Morgan fingerprint density at radius 2 is 1.90 bits per heavy atom. The van der Waals surface area contributed by atoms with Gasteiger partial charge < -0.3 is 10.5 Å². The van der Waals surface area contributed by atoms with Crippen LogP contribution in [0.3, 0.4) is 0 Å². The largest absolute Gasteiger partial charge is 0.490 e. The molecule has 2 atom stereocenters. The fraction of sp³-hybridized carbons (Fsp3) is 0.294. The number of hydrogen-bond donors (Lipinski definition) is 1. The number of nitrogens with two attached hydrogens (primary N) is 1. The molecule has 1 aliphatic heterocycles. The number of ether oxygens (including phenoxy) is 1. The van der Waals surface area contributed by atoms with Gasteiger partial charge in [0, 0.05) is 11.4 Å². The lowest BCUT2D eigenvalue weighted by Crippen LogP contribution is -2.12. The van der Waals surface area contributed by atoms with Gasteiger partial charge in [-0.15, -0.1) is 0 Å². The van der Waals surface area contributed by atoms with E-state index >= 15 is 0 Å². The minimum Gasteiger partial charge on any atom is -0.490 e. The Hall–Kier alpha value is -1.51. The molecular weight excluding hydrogens is 270 g/mol. The van der Waals surface area contributed by atoms with Gasteiger partial charge in [-0.25, -0.2) is 0 Å². The van der Waals surface area contributed by atoms with Crippen molar-refractivity contribution in [2.75, 3.05) is 0 Å². The van der Waals surface area contributed by atoms with E-state index in [1.54, 1.807) is 0 Å². The summed E-state index contributed by atoms with van der Waals surface area (Å²) in [5.41, 5.74) is 10.9. The van der Waals surface area contributed by atoms with Gasteiger partial charge in [0.05, 0.1) is 6.04 Å². The summed E-state index contributed by atoms with van der Waals surface area (Å²) in [5.74, 6) is 0.987. The van der Waals surface area contributed by atoms with Crippen LogP contribution in [-0.2, 0) is 6.42 Å². The highest BCUT2D eigenvalue weighted by atomic mass is 35.5. The van der Waals surface area contributed by atoms with Gasteiger partial charge >= 0.3 is 0 Å². The van der Waals surface area contributed by atoms with E-state index in [9.17, 15) is 0 Å². The van der Waals surface area contributed by atoms with E-state index in [0.717, 1.165) is 33.9 Å². The molecule has 0 bridgehead atoms. The summed E-state index contributed by atoms with van der Waals surface area (Å²) in [6.45, 7) is 4.08. The predicted octanol–water partition coefficient (Wildman–Crippen LogP) is 4.02.